The number of aromatic nitrogens is 3. The van der Waals surface area contributed by atoms with Crippen LogP contribution >= 0.6 is 0 Å². The summed E-state index contributed by atoms with van der Waals surface area (Å²) in [5, 5.41) is 16.2. The Morgan fingerprint density at radius 1 is 1.69 bits per heavy atom. The van der Waals surface area contributed by atoms with Gasteiger partial charge in [0.15, 0.2) is 6.10 Å². The van der Waals surface area contributed by atoms with Gasteiger partial charge in [0.25, 0.3) is 5.92 Å². The first-order chi connectivity index (χ1) is 5.96. The van der Waals surface area contributed by atoms with Gasteiger partial charge in [0.2, 0.25) is 0 Å². The number of nitrogens with zero attached hydrogens (tertiary/aromatic N) is 3. The summed E-state index contributed by atoms with van der Waals surface area (Å²) in [6, 6.07) is 0. The third-order valence-electron chi connectivity index (χ3n) is 1.71. The highest BCUT2D eigenvalue weighted by atomic mass is 19.3. The summed E-state index contributed by atoms with van der Waals surface area (Å²) in [7, 11) is 0. The molecule has 0 aliphatic heterocycles. The minimum Gasteiger partial charge on any atom is -0.380 e. The third-order valence-corrected chi connectivity index (χ3v) is 1.71. The van der Waals surface area contributed by atoms with Crippen LogP contribution in [0.1, 0.15) is 25.6 Å². The van der Waals surface area contributed by atoms with Gasteiger partial charge in [-0.05, 0) is 6.92 Å². The molecule has 0 fully saturated rings. The summed E-state index contributed by atoms with van der Waals surface area (Å²) in [6.07, 6.45) is -0.701. The number of hydrogen-bond donors (Lipinski definition) is 1. The fraction of sp³-hybridized carbons (Fsp3) is 0.714. The maximum Gasteiger partial charge on any atom is 0.276 e. The molecule has 0 saturated carbocycles. The van der Waals surface area contributed by atoms with E-state index in [1.807, 2.05) is 0 Å². The van der Waals surface area contributed by atoms with Crippen LogP contribution in [0, 0.1) is 0 Å². The average Bonchev–Trinajstić information content (AvgIpc) is 2.48. The molecule has 74 valence electrons. The number of hydrogen-bond acceptors (Lipinski definition) is 3. The van der Waals surface area contributed by atoms with Gasteiger partial charge >= 0.3 is 0 Å². The van der Waals surface area contributed by atoms with Crippen molar-refractivity contribution in [2.24, 2.45) is 0 Å². The lowest BCUT2D eigenvalue weighted by atomic mass is 10.1. The molecule has 0 bridgehead atoms. The highest BCUT2D eigenvalue weighted by Crippen LogP contribution is 2.29. The molecule has 0 saturated heterocycles. The van der Waals surface area contributed by atoms with E-state index in [1.54, 1.807) is 6.92 Å². The maximum atomic E-state index is 12.7. The Hall–Kier alpha value is -1.04. The first kappa shape index (κ1) is 10.0. The molecular formula is C7H11F2N3O. The van der Waals surface area contributed by atoms with Crippen LogP contribution in [0.15, 0.2) is 6.20 Å². The molecule has 0 aliphatic carbocycles. The van der Waals surface area contributed by atoms with E-state index in [1.165, 1.54) is 4.68 Å². The number of aliphatic hydroxyl groups is 1. The molecule has 1 atom stereocenters. The van der Waals surface area contributed by atoms with Gasteiger partial charge in [-0.1, -0.05) is 5.21 Å². The molecule has 0 spiro atoms. The van der Waals surface area contributed by atoms with Crippen LogP contribution in [0.2, 0.25) is 0 Å². The molecule has 0 amide bonds. The quantitative estimate of drug-likeness (QED) is 0.775. The molecule has 1 N–H and O–H groups in total. The largest absolute Gasteiger partial charge is 0.380 e. The SMILES string of the molecule is CCn1nncc1C(O)C(C)(F)F. The predicted molar refractivity (Wildman–Crippen MR) is 41.3 cm³/mol. The third kappa shape index (κ3) is 2.00. The fourth-order valence-electron chi connectivity index (χ4n) is 0.983. The monoisotopic (exact) mass is 191 g/mol. The molecule has 1 rings (SSSR count). The minimum absolute atomic E-state index is 0.0370. The smallest absolute Gasteiger partial charge is 0.276 e. The first-order valence-corrected chi connectivity index (χ1v) is 3.91. The van der Waals surface area contributed by atoms with Crippen molar-refractivity contribution in [3.63, 3.8) is 0 Å². The molecule has 4 nitrogen and oxygen atoms in total. The summed E-state index contributed by atoms with van der Waals surface area (Å²) < 4.78 is 26.6. The van der Waals surface area contributed by atoms with E-state index < -0.39 is 12.0 Å². The standard InChI is InChI=1S/C7H11F2N3O/c1-3-12-5(4-10-11-12)6(13)7(2,8)9/h4,6,13H,3H2,1-2H3. The Morgan fingerprint density at radius 2 is 2.31 bits per heavy atom. The minimum atomic E-state index is -3.17. The molecule has 1 heterocycles. The summed E-state index contributed by atoms with van der Waals surface area (Å²) in [5.41, 5.74) is 0.0370. The highest BCUT2D eigenvalue weighted by molar-refractivity contribution is 5.02. The van der Waals surface area contributed by atoms with E-state index in [4.69, 9.17) is 0 Å². The molecule has 6 heteroatoms. The second-order valence-electron chi connectivity index (χ2n) is 2.83. The maximum absolute atomic E-state index is 12.7. The molecular weight excluding hydrogens is 180 g/mol. The zero-order chi connectivity index (χ0) is 10.1. The lowest BCUT2D eigenvalue weighted by Gasteiger charge is -2.17. The van der Waals surface area contributed by atoms with Gasteiger partial charge in [0, 0.05) is 13.5 Å². The van der Waals surface area contributed by atoms with Crippen molar-refractivity contribution in [3.05, 3.63) is 11.9 Å². The van der Waals surface area contributed by atoms with E-state index in [9.17, 15) is 13.9 Å². The second-order valence-corrected chi connectivity index (χ2v) is 2.83. The number of alkyl halides is 2. The van der Waals surface area contributed by atoms with E-state index in [2.05, 4.69) is 10.3 Å². The molecule has 0 aliphatic rings. The zero-order valence-corrected chi connectivity index (χ0v) is 7.41. The van der Waals surface area contributed by atoms with Crippen LogP contribution in [-0.4, -0.2) is 26.0 Å². The van der Waals surface area contributed by atoms with Crippen molar-refractivity contribution in [2.75, 3.05) is 0 Å². The van der Waals surface area contributed by atoms with Crippen LogP contribution < -0.4 is 0 Å². The molecule has 1 aromatic rings. The summed E-state index contributed by atoms with van der Waals surface area (Å²) >= 11 is 0. The lowest BCUT2D eigenvalue weighted by molar-refractivity contribution is -0.0988. The predicted octanol–water partition coefficient (Wildman–Crippen LogP) is 0.987. The highest BCUT2D eigenvalue weighted by Gasteiger charge is 2.36. The fourth-order valence-corrected chi connectivity index (χ4v) is 0.983. The second kappa shape index (κ2) is 3.37. The Morgan fingerprint density at radius 3 is 2.77 bits per heavy atom. The normalized spacial score (nSPS) is 14.5. The van der Waals surface area contributed by atoms with E-state index >= 15 is 0 Å². The van der Waals surface area contributed by atoms with Gasteiger partial charge in [-0.2, -0.15) is 0 Å². The van der Waals surface area contributed by atoms with Gasteiger partial charge < -0.3 is 5.11 Å². The van der Waals surface area contributed by atoms with Crippen LogP contribution in [0.3, 0.4) is 0 Å². The van der Waals surface area contributed by atoms with E-state index in [-0.39, 0.29) is 5.69 Å². The Balaban J connectivity index is 2.94. The number of aryl methyl sites for hydroxylation is 1. The number of rotatable bonds is 3. The van der Waals surface area contributed by atoms with E-state index in [0.29, 0.717) is 13.5 Å². The first-order valence-electron chi connectivity index (χ1n) is 3.91. The van der Waals surface area contributed by atoms with Gasteiger partial charge in [-0.25, -0.2) is 13.5 Å². The van der Waals surface area contributed by atoms with Crippen LogP contribution in [0.5, 0.6) is 0 Å². The summed E-state index contributed by atoms with van der Waals surface area (Å²) in [4.78, 5) is 0. The topological polar surface area (TPSA) is 50.9 Å². The van der Waals surface area contributed by atoms with Gasteiger partial charge in [0.1, 0.15) is 0 Å². The van der Waals surface area contributed by atoms with Crippen LogP contribution in [0.4, 0.5) is 8.78 Å². The van der Waals surface area contributed by atoms with Crippen molar-refractivity contribution in [1.29, 1.82) is 0 Å². The average molecular weight is 191 g/mol. The molecule has 0 radical (unpaired) electrons. The Bertz CT molecular complexity index is 282. The van der Waals surface area contributed by atoms with E-state index in [0.717, 1.165) is 6.20 Å². The van der Waals surface area contributed by atoms with Crippen molar-refractivity contribution in [3.8, 4) is 0 Å². The zero-order valence-electron chi connectivity index (χ0n) is 7.41. The summed E-state index contributed by atoms with van der Waals surface area (Å²) in [6.45, 7) is 2.80. The van der Waals surface area contributed by atoms with Gasteiger partial charge in [-0.15, -0.1) is 5.10 Å². The van der Waals surface area contributed by atoms with Gasteiger partial charge in [-0.3, -0.25) is 0 Å². The van der Waals surface area contributed by atoms with Crippen molar-refractivity contribution in [1.82, 2.24) is 15.0 Å². The molecule has 13 heavy (non-hydrogen) atoms. The van der Waals surface area contributed by atoms with Crippen molar-refractivity contribution in [2.45, 2.75) is 32.4 Å². The lowest BCUT2D eigenvalue weighted by Crippen LogP contribution is -2.24. The molecule has 1 unspecified atom stereocenters. The summed E-state index contributed by atoms with van der Waals surface area (Å²) in [5.74, 6) is -3.17. The number of halogens is 2. The van der Waals surface area contributed by atoms with Crippen molar-refractivity contribution >= 4 is 0 Å². The Labute approximate surface area is 74.2 Å². The van der Waals surface area contributed by atoms with Crippen LogP contribution in [-0.2, 0) is 6.54 Å². The molecule has 1 aromatic heterocycles. The van der Waals surface area contributed by atoms with Crippen molar-refractivity contribution < 1.29 is 13.9 Å². The van der Waals surface area contributed by atoms with Crippen LogP contribution in [0.25, 0.3) is 0 Å². The van der Waals surface area contributed by atoms with Gasteiger partial charge in [0.05, 0.1) is 11.9 Å². The number of aliphatic hydroxyl groups excluding tert-OH is 1. The Kier molecular flexibility index (Phi) is 2.60. The molecule has 0 aromatic carbocycles.